The number of ketones is 1. The van der Waals surface area contributed by atoms with Crippen LogP contribution in [-0.4, -0.2) is 36.9 Å². The van der Waals surface area contributed by atoms with Gasteiger partial charge < -0.3 is 19.9 Å². The first-order valence-corrected chi connectivity index (χ1v) is 13.0. The molecule has 2 amide bonds. The molecule has 40 heavy (non-hydrogen) atoms. The summed E-state index contributed by atoms with van der Waals surface area (Å²) in [5.74, 6) is -1.86. The lowest BCUT2D eigenvalue weighted by molar-refractivity contribution is -0.132. The Morgan fingerprint density at radius 2 is 1.55 bits per heavy atom. The number of aliphatic hydroxyl groups excluding tert-OH is 1. The molecule has 208 valence electrons. The van der Waals surface area contributed by atoms with E-state index < -0.39 is 23.5 Å². The highest BCUT2D eigenvalue weighted by atomic mass is 35.5. The minimum atomic E-state index is -0.952. The smallest absolute Gasteiger partial charge is 0.300 e. The van der Waals surface area contributed by atoms with Crippen molar-refractivity contribution in [3.8, 4) is 11.5 Å². The van der Waals surface area contributed by atoms with Gasteiger partial charge in [0.25, 0.3) is 11.7 Å². The van der Waals surface area contributed by atoms with Gasteiger partial charge in [-0.15, -0.1) is 0 Å². The Morgan fingerprint density at radius 1 is 0.950 bits per heavy atom. The van der Waals surface area contributed by atoms with Crippen LogP contribution in [0.3, 0.4) is 0 Å². The van der Waals surface area contributed by atoms with Crippen LogP contribution >= 0.6 is 11.6 Å². The minimum absolute atomic E-state index is 0.109. The Morgan fingerprint density at radius 3 is 2.08 bits per heavy atom. The standard InChI is InChI=1S/C31H31ClN2O6/c1-17(35)33-20-11-13-21(14-12-20)34-27(18-7-9-19(10-8-18)31(2,3)4)26(29(37)30(34)38)28(36)22-15-25(40-6)23(32)16-24(22)39-5/h7-16,27,36H,1-6H3,(H,33,35)/b28-26+. The molecule has 1 unspecified atom stereocenters. The van der Waals surface area contributed by atoms with E-state index in [-0.39, 0.29) is 39.0 Å². The number of hydrogen-bond acceptors (Lipinski definition) is 6. The van der Waals surface area contributed by atoms with Gasteiger partial charge in [0.15, 0.2) is 0 Å². The maximum Gasteiger partial charge on any atom is 0.300 e. The number of nitrogens with zero attached hydrogens (tertiary/aromatic N) is 1. The number of amides is 2. The number of carbonyl (C=O) groups is 3. The van der Waals surface area contributed by atoms with Crippen molar-refractivity contribution in [2.75, 3.05) is 24.4 Å². The molecule has 0 saturated carbocycles. The summed E-state index contributed by atoms with van der Waals surface area (Å²) in [6.45, 7) is 7.66. The summed E-state index contributed by atoms with van der Waals surface area (Å²) in [4.78, 5) is 39.9. The first kappa shape index (κ1) is 28.7. The molecule has 1 aliphatic rings. The van der Waals surface area contributed by atoms with Crippen molar-refractivity contribution in [2.24, 2.45) is 0 Å². The lowest BCUT2D eigenvalue weighted by atomic mass is 9.85. The monoisotopic (exact) mass is 562 g/mol. The first-order valence-electron chi connectivity index (χ1n) is 12.6. The number of rotatable bonds is 6. The van der Waals surface area contributed by atoms with Gasteiger partial charge in [0.2, 0.25) is 5.91 Å². The van der Waals surface area contributed by atoms with Crippen molar-refractivity contribution in [3.05, 3.63) is 87.9 Å². The molecule has 3 aromatic carbocycles. The summed E-state index contributed by atoms with van der Waals surface area (Å²) in [7, 11) is 2.84. The number of hydrogen-bond donors (Lipinski definition) is 2. The van der Waals surface area contributed by atoms with Gasteiger partial charge >= 0.3 is 0 Å². The second-order valence-corrected chi connectivity index (χ2v) is 10.9. The molecule has 8 nitrogen and oxygen atoms in total. The normalized spacial score (nSPS) is 16.7. The number of methoxy groups -OCH3 is 2. The van der Waals surface area contributed by atoms with Crippen LogP contribution in [0, 0.1) is 0 Å². The molecular weight excluding hydrogens is 532 g/mol. The zero-order chi connectivity index (χ0) is 29.4. The highest BCUT2D eigenvalue weighted by Crippen LogP contribution is 2.45. The van der Waals surface area contributed by atoms with Crippen molar-refractivity contribution in [2.45, 2.75) is 39.2 Å². The zero-order valence-electron chi connectivity index (χ0n) is 23.2. The van der Waals surface area contributed by atoms with E-state index in [0.717, 1.165) is 5.56 Å². The third-order valence-electron chi connectivity index (χ3n) is 6.73. The topological polar surface area (TPSA) is 105 Å². The summed E-state index contributed by atoms with van der Waals surface area (Å²) in [5, 5.41) is 14.6. The van der Waals surface area contributed by atoms with Crippen LogP contribution in [0.25, 0.3) is 5.76 Å². The molecule has 0 aliphatic carbocycles. The number of anilines is 2. The zero-order valence-corrected chi connectivity index (χ0v) is 23.9. The van der Waals surface area contributed by atoms with Crippen LogP contribution in [0.2, 0.25) is 5.02 Å². The molecule has 0 aromatic heterocycles. The Hall–Kier alpha value is -4.30. The third kappa shape index (κ3) is 5.40. The molecule has 2 N–H and O–H groups in total. The molecule has 0 spiro atoms. The average molecular weight is 563 g/mol. The van der Waals surface area contributed by atoms with Gasteiger partial charge in [0.1, 0.15) is 17.3 Å². The largest absolute Gasteiger partial charge is 0.507 e. The summed E-state index contributed by atoms with van der Waals surface area (Å²) in [6, 6.07) is 16.1. The number of carbonyl (C=O) groups excluding carboxylic acids is 3. The fraction of sp³-hybridized carbons (Fsp3) is 0.258. The summed E-state index contributed by atoms with van der Waals surface area (Å²) >= 11 is 6.26. The van der Waals surface area contributed by atoms with E-state index in [4.69, 9.17) is 21.1 Å². The van der Waals surface area contributed by atoms with Gasteiger partial charge in [-0.05, 0) is 46.9 Å². The molecule has 1 fully saturated rings. The predicted molar refractivity (Wildman–Crippen MR) is 155 cm³/mol. The number of nitrogens with one attached hydrogen (secondary N) is 1. The molecule has 0 bridgehead atoms. The highest BCUT2D eigenvalue weighted by molar-refractivity contribution is 6.51. The number of halogens is 1. The van der Waals surface area contributed by atoms with Crippen molar-refractivity contribution >= 4 is 46.3 Å². The molecule has 1 aliphatic heterocycles. The molecular formula is C31H31ClN2O6. The van der Waals surface area contributed by atoms with Crippen LogP contribution < -0.4 is 19.7 Å². The number of Topliss-reactive ketones (excluding diaryl/α,β-unsaturated/α-hetero) is 1. The van der Waals surface area contributed by atoms with Crippen LogP contribution in [0.4, 0.5) is 11.4 Å². The van der Waals surface area contributed by atoms with E-state index >= 15 is 0 Å². The summed E-state index contributed by atoms with van der Waals surface area (Å²) < 4.78 is 10.8. The van der Waals surface area contributed by atoms with E-state index in [9.17, 15) is 19.5 Å². The Labute approximate surface area is 238 Å². The van der Waals surface area contributed by atoms with Gasteiger partial charge in [-0.1, -0.05) is 56.6 Å². The minimum Gasteiger partial charge on any atom is -0.507 e. The summed E-state index contributed by atoms with van der Waals surface area (Å²) in [6.07, 6.45) is 0. The predicted octanol–water partition coefficient (Wildman–Crippen LogP) is 6.24. The van der Waals surface area contributed by atoms with Crippen LogP contribution in [-0.2, 0) is 19.8 Å². The van der Waals surface area contributed by atoms with E-state index in [2.05, 4.69) is 26.1 Å². The third-order valence-corrected chi connectivity index (χ3v) is 7.03. The van der Waals surface area contributed by atoms with Gasteiger partial charge in [-0.25, -0.2) is 0 Å². The number of benzene rings is 3. The molecule has 3 aromatic rings. The fourth-order valence-electron chi connectivity index (χ4n) is 4.68. The summed E-state index contributed by atoms with van der Waals surface area (Å²) in [5.41, 5.74) is 2.57. The van der Waals surface area contributed by atoms with Crippen molar-refractivity contribution in [1.29, 1.82) is 0 Å². The van der Waals surface area contributed by atoms with E-state index in [0.29, 0.717) is 16.9 Å². The molecule has 4 rings (SSSR count). The maximum absolute atomic E-state index is 13.6. The lowest BCUT2D eigenvalue weighted by Gasteiger charge is -2.27. The number of ether oxygens (including phenoxy) is 2. The second-order valence-electron chi connectivity index (χ2n) is 10.5. The molecule has 9 heteroatoms. The van der Waals surface area contributed by atoms with E-state index in [1.807, 2.05) is 24.3 Å². The van der Waals surface area contributed by atoms with E-state index in [1.54, 1.807) is 24.3 Å². The quantitative estimate of drug-likeness (QED) is 0.209. The molecule has 0 radical (unpaired) electrons. The molecule has 1 heterocycles. The first-order chi connectivity index (χ1) is 18.9. The van der Waals surface area contributed by atoms with Crippen molar-refractivity contribution in [3.63, 3.8) is 0 Å². The van der Waals surface area contributed by atoms with Gasteiger partial charge in [0, 0.05) is 24.4 Å². The fourth-order valence-corrected chi connectivity index (χ4v) is 4.91. The van der Waals surface area contributed by atoms with Gasteiger partial charge in [-0.2, -0.15) is 0 Å². The lowest BCUT2D eigenvalue weighted by Crippen LogP contribution is -2.29. The maximum atomic E-state index is 13.6. The Balaban J connectivity index is 1.94. The molecule has 1 atom stereocenters. The SMILES string of the molecule is COc1cc(/C(O)=C2\C(=O)C(=O)N(c3ccc(NC(C)=O)cc3)C2c2ccc(C(C)(C)C)cc2)c(OC)cc1Cl. The highest BCUT2D eigenvalue weighted by Gasteiger charge is 2.47. The Bertz CT molecular complexity index is 1500. The average Bonchev–Trinajstić information content (AvgIpc) is 3.17. The second kappa shape index (κ2) is 11.1. The van der Waals surface area contributed by atoms with Gasteiger partial charge in [0.05, 0.1) is 36.4 Å². The van der Waals surface area contributed by atoms with Crippen LogP contribution in [0.15, 0.2) is 66.2 Å². The Kier molecular flexibility index (Phi) is 7.93. The van der Waals surface area contributed by atoms with E-state index in [1.165, 1.54) is 38.2 Å². The molecule has 1 saturated heterocycles. The number of aliphatic hydroxyl groups is 1. The van der Waals surface area contributed by atoms with Crippen molar-refractivity contribution in [1.82, 2.24) is 0 Å². The van der Waals surface area contributed by atoms with Crippen LogP contribution in [0.1, 0.15) is 50.4 Å². The van der Waals surface area contributed by atoms with Crippen molar-refractivity contribution < 1.29 is 29.0 Å². The van der Waals surface area contributed by atoms with Gasteiger partial charge in [-0.3, -0.25) is 19.3 Å². The van der Waals surface area contributed by atoms with Crippen LogP contribution in [0.5, 0.6) is 11.5 Å².